The largest absolute Gasteiger partial charge is 0.377 e. The molecule has 7 rings (SSSR count). The Balaban J connectivity index is -0.00000102. The minimum Gasteiger partial charge on any atom is -0.377 e. The van der Waals surface area contributed by atoms with Gasteiger partial charge in [0.15, 0.2) is 11.6 Å². The number of hydrogen-bond donors (Lipinski definition) is 1. The Bertz CT molecular complexity index is 2280. The van der Waals surface area contributed by atoms with E-state index in [1.165, 1.54) is 114 Å². The van der Waals surface area contributed by atoms with Gasteiger partial charge in [-0.3, -0.25) is 9.59 Å². The first-order valence-electron chi connectivity index (χ1n) is 36.0. The summed E-state index contributed by atoms with van der Waals surface area (Å²) in [6.45, 7) is 59.3. The van der Waals surface area contributed by atoms with Crippen molar-refractivity contribution in [1.82, 2.24) is 4.57 Å². The third-order valence-electron chi connectivity index (χ3n) is 18.4. The average molecular weight is 1290 g/mol. The van der Waals surface area contributed by atoms with E-state index < -0.39 is 0 Å². The third kappa shape index (κ3) is 44.6. The summed E-state index contributed by atoms with van der Waals surface area (Å²) in [5.41, 5.74) is 13.9. The summed E-state index contributed by atoms with van der Waals surface area (Å²) in [5, 5.41) is 0. The van der Waals surface area contributed by atoms with Gasteiger partial charge in [-0.25, -0.2) is 0 Å². The molecule has 0 spiro atoms. The van der Waals surface area contributed by atoms with Gasteiger partial charge in [0, 0.05) is 35.7 Å². The lowest BCUT2D eigenvalue weighted by molar-refractivity contribution is -0.141. The summed E-state index contributed by atoms with van der Waals surface area (Å²) < 4.78 is 18.9. The molecule has 3 aliphatic carbocycles. The zero-order valence-electron chi connectivity index (χ0n) is 63.4. The number of ether oxygens (including phenoxy) is 3. The Hall–Kier alpha value is -3.10. The molecule has 2 N–H and O–H groups in total. The lowest BCUT2D eigenvalue weighted by atomic mass is 9.70. The quantitative estimate of drug-likeness (QED) is 0.120. The highest BCUT2D eigenvalue weighted by Crippen LogP contribution is 2.40. The van der Waals surface area contributed by atoms with Crippen molar-refractivity contribution in [3.63, 3.8) is 0 Å². The van der Waals surface area contributed by atoms with Crippen LogP contribution in [-0.2, 0) is 25.6 Å². The van der Waals surface area contributed by atoms with E-state index in [9.17, 15) is 9.59 Å². The summed E-state index contributed by atoms with van der Waals surface area (Å²) in [6, 6.07) is 20.5. The molecule has 538 valence electrons. The number of ketones is 2. The number of hydrogen-bond acceptors (Lipinski definition) is 6. The molecule has 4 fully saturated rings. The van der Waals surface area contributed by atoms with E-state index in [4.69, 9.17) is 19.9 Å². The Morgan fingerprint density at radius 2 is 1.11 bits per heavy atom. The number of carbonyl (C=O) groups is 2. The number of unbranched alkanes of at least 4 members (excludes halogenated alkanes) is 1. The van der Waals surface area contributed by atoms with Gasteiger partial charge in [0.05, 0.1) is 25.4 Å². The van der Waals surface area contributed by atoms with Crippen LogP contribution in [0.4, 0.5) is 0 Å². The van der Waals surface area contributed by atoms with Crippen LogP contribution in [0.2, 0.25) is 0 Å². The molecular weight excluding hydrogens is 1130 g/mol. The lowest BCUT2D eigenvalue weighted by Crippen LogP contribution is -2.27. The molecule has 2 atom stereocenters. The number of aryl methyl sites for hydroxylation is 2. The molecular formula is C85H158N2O5. The van der Waals surface area contributed by atoms with Gasteiger partial charge in [0.2, 0.25) is 0 Å². The van der Waals surface area contributed by atoms with E-state index in [1.807, 2.05) is 45.0 Å². The van der Waals surface area contributed by atoms with Crippen molar-refractivity contribution in [2.45, 2.75) is 362 Å². The molecule has 7 heteroatoms. The number of nitrogens with two attached hydrogens (primary N) is 1. The van der Waals surface area contributed by atoms with Crippen molar-refractivity contribution in [3.05, 3.63) is 88.7 Å². The maximum Gasteiger partial charge on any atom is 0.165 e. The van der Waals surface area contributed by atoms with Crippen molar-refractivity contribution in [1.29, 1.82) is 0 Å². The normalized spacial score (nSPS) is 18.8. The molecule has 0 bridgehead atoms. The van der Waals surface area contributed by atoms with Crippen LogP contribution >= 0.6 is 0 Å². The first-order chi connectivity index (χ1) is 41.0. The maximum atomic E-state index is 12.5. The van der Waals surface area contributed by atoms with E-state index in [2.05, 4.69) is 193 Å². The van der Waals surface area contributed by atoms with Gasteiger partial charge in [0.25, 0.3) is 0 Å². The number of carbonyl (C=O) groups excluding carboxylic acids is 2. The fourth-order valence-electron chi connectivity index (χ4n) is 12.4. The van der Waals surface area contributed by atoms with Crippen LogP contribution in [0.1, 0.15) is 349 Å². The fraction of sp³-hybridized carbons (Fsp3) is 0.788. The summed E-state index contributed by atoms with van der Waals surface area (Å²) in [7, 11) is 0. The van der Waals surface area contributed by atoms with E-state index in [1.54, 1.807) is 6.92 Å². The first-order valence-corrected chi connectivity index (χ1v) is 36.0. The highest BCUT2D eigenvalue weighted by atomic mass is 16.7. The second-order valence-electron chi connectivity index (χ2n) is 34.8. The Labute approximate surface area is 574 Å². The van der Waals surface area contributed by atoms with E-state index in [0.717, 1.165) is 104 Å². The van der Waals surface area contributed by atoms with Crippen molar-refractivity contribution in [3.8, 4) is 5.69 Å². The second-order valence-corrected chi connectivity index (χ2v) is 34.8. The molecule has 0 amide bonds. The zero-order chi connectivity index (χ0) is 68.0. The number of rotatable bonds is 15. The zero-order valence-corrected chi connectivity index (χ0v) is 63.4. The standard InChI is InChI=1S/C19H25NO.C13H20O.C11H23NO.C11H22.C10H20O2.2C9H18.3CH4/c1-13-7-9-16(10-8-13)20-14(2)11-17(15(20)3)18(21)12-19(4,5)6;1-13(2,3)9-10-14-11-12-7-5-4-6-8-12;1-9(13)10(12)7-5-6-8-11(2,3)4;1-9-5-7-10(8-6-9)11(2,3)4;1-9(2,3)6-8-7-11-10(4,5)12-8;2*1-8(2)9-6-4-3-5-7-9;;;/h7-11H,12H2,1-6H3;4-8H,9-11H2,1-3H3;10H,5-8,12H2,1-4H3;9-10H,5-8H2,1-4H3;8H,6-7H2,1-5H3;2*8-9H,3-7H2,1-2H3;3*1H4. The van der Waals surface area contributed by atoms with Gasteiger partial charge in [-0.15, -0.1) is 0 Å². The molecule has 0 radical (unpaired) electrons. The molecule has 1 aromatic heterocycles. The molecule has 4 aliphatic rings. The number of benzene rings is 2. The van der Waals surface area contributed by atoms with Crippen LogP contribution in [0, 0.1) is 83.4 Å². The second kappa shape index (κ2) is 45.4. The monoisotopic (exact) mass is 1290 g/mol. The van der Waals surface area contributed by atoms with Crippen LogP contribution in [0.15, 0.2) is 60.7 Å². The third-order valence-corrected chi connectivity index (χ3v) is 18.4. The summed E-state index contributed by atoms with van der Waals surface area (Å²) >= 11 is 0. The summed E-state index contributed by atoms with van der Waals surface area (Å²) in [5.74, 6) is 5.93. The minimum atomic E-state index is -0.365. The molecule has 92 heavy (non-hydrogen) atoms. The maximum absolute atomic E-state index is 12.5. The predicted molar refractivity (Wildman–Crippen MR) is 408 cm³/mol. The van der Waals surface area contributed by atoms with Crippen molar-refractivity contribution in [2.75, 3.05) is 13.2 Å². The predicted octanol–water partition coefficient (Wildman–Crippen LogP) is 26.0. The van der Waals surface area contributed by atoms with Gasteiger partial charge >= 0.3 is 0 Å². The molecule has 1 saturated heterocycles. The van der Waals surface area contributed by atoms with Gasteiger partial charge in [-0.1, -0.05) is 299 Å². The van der Waals surface area contributed by atoms with Gasteiger partial charge in [0.1, 0.15) is 5.78 Å². The first kappa shape index (κ1) is 93.1. The number of aromatic nitrogens is 1. The highest BCUT2D eigenvalue weighted by Gasteiger charge is 2.35. The Morgan fingerprint density at radius 1 is 0.630 bits per heavy atom. The van der Waals surface area contributed by atoms with Crippen molar-refractivity contribution < 1.29 is 23.8 Å². The Morgan fingerprint density at radius 3 is 1.49 bits per heavy atom. The molecule has 1 aliphatic heterocycles. The molecule has 3 saturated carbocycles. The van der Waals surface area contributed by atoms with Crippen LogP contribution in [0.3, 0.4) is 0 Å². The number of Topliss-reactive ketones (excluding diaryl/α,β-unsaturated/α-hetero) is 2. The van der Waals surface area contributed by atoms with Gasteiger partial charge in [-0.2, -0.15) is 0 Å². The summed E-state index contributed by atoms with van der Waals surface area (Å²) in [4.78, 5) is 23.3. The minimum absolute atomic E-state index is 0. The summed E-state index contributed by atoms with van der Waals surface area (Å²) in [6.07, 6.45) is 28.1. The van der Waals surface area contributed by atoms with Crippen LogP contribution < -0.4 is 5.73 Å². The highest BCUT2D eigenvalue weighted by molar-refractivity contribution is 5.98. The Kier molecular flexibility index (Phi) is 45.9. The van der Waals surface area contributed by atoms with Crippen LogP contribution in [-0.4, -0.2) is 47.3 Å². The van der Waals surface area contributed by atoms with Gasteiger partial charge in [-0.05, 0) is 166 Å². The van der Waals surface area contributed by atoms with E-state index in [0.29, 0.717) is 28.1 Å². The molecule has 2 aromatic carbocycles. The van der Waals surface area contributed by atoms with Gasteiger partial charge < -0.3 is 24.5 Å². The van der Waals surface area contributed by atoms with E-state index >= 15 is 0 Å². The lowest BCUT2D eigenvalue weighted by Gasteiger charge is -2.35. The smallest absolute Gasteiger partial charge is 0.165 e. The van der Waals surface area contributed by atoms with Crippen molar-refractivity contribution >= 4 is 11.6 Å². The average Bonchev–Trinajstić information content (AvgIpc) is 1.65. The molecule has 2 unspecified atom stereocenters. The van der Waals surface area contributed by atoms with Crippen LogP contribution in [0.5, 0.6) is 0 Å². The molecule has 7 nitrogen and oxygen atoms in total. The van der Waals surface area contributed by atoms with Crippen LogP contribution in [0.25, 0.3) is 5.69 Å². The topological polar surface area (TPSA) is 92.8 Å². The van der Waals surface area contributed by atoms with Crippen molar-refractivity contribution in [2.24, 2.45) is 68.3 Å². The molecule has 3 aromatic rings. The molecule has 2 heterocycles. The van der Waals surface area contributed by atoms with E-state index in [-0.39, 0.29) is 57.2 Å². The SMILES string of the molecule is C.C.C.CC(=O)C(N)CCCCC(C)(C)C.CC(C)(C)CC1COC(C)(C)O1.CC(C)(C)CCOCc1ccccc1.CC(C)C1CCCCC1.CC(C)C1CCCCC1.CC1CCC(C(C)(C)C)CC1.Cc1ccc(-n2c(C)cc(C(=O)CC(C)(C)C)c2C)cc1. The fourth-order valence-corrected chi connectivity index (χ4v) is 12.4. The number of nitrogens with zero attached hydrogens (tertiary/aromatic N) is 1.